The van der Waals surface area contributed by atoms with Crippen molar-refractivity contribution in [1.29, 1.82) is 0 Å². The molecule has 0 bridgehead atoms. The Morgan fingerprint density at radius 3 is 2.86 bits per heavy atom. The standard InChI is InChI=1S/C21H30N6O/c1-22-21(24-14-20-26-25-19-9-3-2-6-12-27(19)20)23-13-17-7-4-5-8-18(17)28-15-16-10-11-16/h4-5,7-8,16H,2-3,6,9-15H2,1H3,(H2,22,23,24). The zero-order valence-corrected chi connectivity index (χ0v) is 16.7. The summed E-state index contributed by atoms with van der Waals surface area (Å²) in [5.41, 5.74) is 1.14. The van der Waals surface area contributed by atoms with Gasteiger partial charge in [0.2, 0.25) is 0 Å². The molecule has 0 unspecified atom stereocenters. The molecule has 2 N–H and O–H groups in total. The summed E-state index contributed by atoms with van der Waals surface area (Å²) in [6.07, 6.45) is 7.28. The average Bonchev–Trinajstić information content (AvgIpc) is 3.52. The molecule has 0 amide bonds. The van der Waals surface area contributed by atoms with Crippen molar-refractivity contribution < 1.29 is 4.74 Å². The molecule has 4 rings (SSSR count). The molecule has 7 nitrogen and oxygen atoms in total. The van der Waals surface area contributed by atoms with E-state index in [9.17, 15) is 0 Å². The molecule has 1 aliphatic heterocycles. The largest absolute Gasteiger partial charge is 0.493 e. The maximum Gasteiger partial charge on any atom is 0.191 e. The van der Waals surface area contributed by atoms with Gasteiger partial charge in [-0.2, -0.15) is 0 Å². The maximum atomic E-state index is 6.00. The summed E-state index contributed by atoms with van der Waals surface area (Å²) in [4.78, 5) is 4.34. The van der Waals surface area contributed by atoms with Crippen molar-refractivity contribution in [3.05, 3.63) is 41.5 Å². The smallest absolute Gasteiger partial charge is 0.191 e. The van der Waals surface area contributed by atoms with E-state index in [0.29, 0.717) is 13.1 Å². The van der Waals surface area contributed by atoms with Crippen LogP contribution >= 0.6 is 0 Å². The summed E-state index contributed by atoms with van der Waals surface area (Å²) in [5.74, 6) is 4.55. The van der Waals surface area contributed by atoms with Crippen molar-refractivity contribution in [3.63, 3.8) is 0 Å². The molecule has 28 heavy (non-hydrogen) atoms. The topological polar surface area (TPSA) is 76.4 Å². The predicted octanol–water partition coefficient (Wildman–Crippen LogP) is 2.66. The first-order valence-corrected chi connectivity index (χ1v) is 10.4. The minimum absolute atomic E-state index is 0.618. The molecule has 2 aliphatic rings. The van der Waals surface area contributed by atoms with Crippen molar-refractivity contribution in [2.24, 2.45) is 10.9 Å². The first-order chi connectivity index (χ1) is 13.8. The third kappa shape index (κ3) is 4.82. The van der Waals surface area contributed by atoms with E-state index >= 15 is 0 Å². The molecule has 0 radical (unpaired) electrons. The highest BCUT2D eigenvalue weighted by molar-refractivity contribution is 5.79. The number of aromatic nitrogens is 3. The zero-order chi connectivity index (χ0) is 19.2. The fourth-order valence-corrected chi connectivity index (χ4v) is 3.52. The Balaban J connectivity index is 1.31. The fourth-order valence-electron chi connectivity index (χ4n) is 3.52. The SMILES string of the molecule is CN=C(NCc1ccccc1OCC1CC1)NCc1nnc2n1CCCCC2. The van der Waals surface area contributed by atoms with Gasteiger partial charge in [0.15, 0.2) is 11.8 Å². The van der Waals surface area contributed by atoms with Crippen LogP contribution in [0, 0.1) is 5.92 Å². The van der Waals surface area contributed by atoms with Crippen LogP contribution in [0.1, 0.15) is 49.3 Å². The molecule has 150 valence electrons. The number of aliphatic imine (C=N–C) groups is 1. The van der Waals surface area contributed by atoms with E-state index in [0.717, 1.165) is 54.4 Å². The summed E-state index contributed by atoms with van der Waals surface area (Å²) < 4.78 is 8.26. The van der Waals surface area contributed by atoms with E-state index in [2.05, 4.69) is 36.5 Å². The molecule has 1 aromatic heterocycles. The van der Waals surface area contributed by atoms with E-state index in [-0.39, 0.29) is 0 Å². The summed E-state index contributed by atoms with van der Waals surface area (Å²) in [6.45, 7) is 3.12. The molecular weight excluding hydrogens is 352 g/mol. The van der Waals surface area contributed by atoms with Crippen LogP contribution in [0.25, 0.3) is 0 Å². The van der Waals surface area contributed by atoms with Crippen LogP contribution in [0.15, 0.2) is 29.3 Å². The second-order valence-corrected chi connectivity index (χ2v) is 7.64. The fraction of sp³-hybridized carbons (Fsp3) is 0.571. The normalized spacial score (nSPS) is 17.0. The van der Waals surface area contributed by atoms with Crippen molar-refractivity contribution in [3.8, 4) is 5.75 Å². The molecule has 2 aromatic rings. The highest BCUT2D eigenvalue weighted by atomic mass is 16.5. The van der Waals surface area contributed by atoms with Gasteiger partial charge in [-0.1, -0.05) is 24.6 Å². The predicted molar refractivity (Wildman–Crippen MR) is 109 cm³/mol. The van der Waals surface area contributed by atoms with Gasteiger partial charge in [-0.25, -0.2) is 0 Å². The second-order valence-electron chi connectivity index (χ2n) is 7.64. The number of fused-ring (bicyclic) bond motifs is 1. The van der Waals surface area contributed by atoms with Crippen molar-refractivity contribution in [1.82, 2.24) is 25.4 Å². The number of para-hydroxylation sites is 1. The summed E-state index contributed by atoms with van der Waals surface area (Å²) >= 11 is 0. The number of ether oxygens (including phenoxy) is 1. The molecule has 1 aliphatic carbocycles. The van der Waals surface area contributed by atoms with Gasteiger partial charge in [0.05, 0.1) is 13.2 Å². The van der Waals surface area contributed by atoms with Crippen LogP contribution < -0.4 is 15.4 Å². The average molecular weight is 383 g/mol. The number of hydrogen-bond donors (Lipinski definition) is 2. The number of aryl methyl sites for hydroxylation is 1. The Labute approximate surface area is 166 Å². The van der Waals surface area contributed by atoms with Gasteiger partial charge in [-0.3, -0.25) is 4.99 Å². The summed E-state index contributed by atoms with van der Waals surface area (Å²) in [5, 5.41) is 15.5. The van der Waals surface area contributed by atoms with Gasteiger partial charge >= 0.3 is 0 Å². The molecule has 1 saturated carbocycles. The lowest BCUT2D eigenvalue weighted by atomic mass is 10.2. The van der Waals surface area contributed by atoms with Gasteiger partial charge in [0, 0.05) is 32.1 Å². The number of nitrogens with zero attached hydrogens (tertiary/aromatic N) is 4. The minimum atomic E-state index is 0.618. The van der Waals surface area contributed by atoms with Gasteiger partial charge in [0.25, 0.3) is 0 Å². The third-order valence-electron chi connectivity index (χ3n) is 5.41. The lowest BCUT2D eigenvalue weighted by Crippen LogP contribution is -2.37. The van der Waals surface area contributed by atoms with Crippen LogP contribution in [-0.2, 0) is 26.1 Å². The molecule has 1 fully saturated rings. The Bertz CT molecular complexity index is 811. The summed E-state index contributed by atoms with van der Waals surface area (Å²) in [7, 11) is 1.79. The molecular formula is C21H30N6O. The molecule has 0 spiro atoms. The van der Waals surface area contributed by atoms with Crippen molar-refractivity contribution in [2.45, 2.75) is 58.2 Å². The molecule has 7 heteroatoms. The van der Waals surface area contributed by atoms with Gasteiger partial charge in [0.1, 0.15) is 11.6 Å². The van der Waals surface area contributed by atoms with E-state index in [1.54, 1.807) is 7.05 Å². The van der Waals surface area contributed by atoms with Crippen LogP contribution in [0.5, 0.6) is 5.75 Å². The number of rotatable bonds is 7. The lowest BCUT2D eigenvalue weighted by Gasteiger charge is -2.15. The number of nitrogens with one attached hydrogen (secondary N) is 2. The van der Waals surface area contributed by atoms with E-state index in [1.165, 1.54) is 32.1 Å². The van der Waals surface area contributed by atoms with Crippen LogP contribution in [0.3, 0.4) is 0 Å². The van der Waals surface area contributed by atoms with Gasteiger partial charge in [-0.05, 0) is 37.7 Å². The molecule has 1 aromatic carbocycles. The number of guanidine groups is 1. The van der Waals surface area contributed by atoms with Crippen molar-refractivity contribution >= 4 is 5.96 Å². The quantitative estimate of drug-likeness (QED) is 0.569. The second kappa shape index (κ2) is 9.08. The van der Waals surface area contributed by atoms with Crippen LogP contribution in [0.2, 0.25) is 0 Å². The van der Waals surface area contributed by atoms with Gasteiger partial charge in [-0.15, -0.1) is 10.2 Å². The van der Waals surface area contributed by atoms with E-state index in [1.807, 2.05) is 18.2 Å². The maximum absolute atomic E-state index is 6.00. The highest BCUT2D eigenvalue weighted by Crippen LogP contribution is 2.30. The van der Waals surface area contributed by atoms with Crippen LogP contribution in [-0.4, -0.2) is 34.4 Å². The monoisotopic (exact) mass is 382 g/mol. The minimum Gasteiger partial charge on any atom is -0.493 e. The Morgan fingerprint density at radius 1 is 1.14 bits per heavy atom. The van der Waals surface area contributed by atoms with Crippen molar-refractivity contribution in [2.75, 3.05) is 13.7 Å². The molecule has 2 heterocycles. The van der Waals surface area contributed by atoms with Crippen LogP contribution in [0.4, 0.5) is 0 Å². The molecule has 0 saturated heterocycles. The Kier molecular flexibility index (Phi) is 6.09. The lowest BCUT2D eigenvalue weighted by molar-refractivity contribution is 0.296. The summed E-state index contributed by atoms with van der Waals surface area (Å²) in [6, 6.07) is 8.21. The number of benzene rings is 1. The first kappa shape index (κ1) is 18.8. The third-order valence-corrected chi connectivity index (χ3v) is 5.41. The van der Waals surface area contributed by atoms with E-state index < -0.39 is 0 Å². The van der Waals surface area contributed by atoms with Gasteiger partial charge < -0.3 is 19.9 Å². The highest BCUT2D eigenvalue weighted by Gasteiger charge is 2.22. The molecule has 0 atom stereocenters. The number of hydrogen-bond acceptors (Lipinski definition) is 4. The Morgan fingerprint density at radius 2 is 2.00 bits per heavy atom. The first-order valence-electron chi connectivity index (χ1n) is 10.4. The Hall–Kier alpha value is -2.57. The van der Waals surface area contributed by atoms with E-state index in [4.69, 9.17) is 4.74 Å². The zero-order valence-electron chi connectivity index (χ0n) is 16.7.